The van der Waals surface area contributed by atoms with Gasteiger partial charge in [0, 0.05) is 55.5 Å². The summed E-state index contributed by atoms with van der Waals surface area (Å²) in [4.78, 5) is 37.4. The molecule has 0 unspecified atom stereocenters. The molecular weight excluding hydrogens is 490 g/mol. The molecule has 2 heterocycles. The highest BCUT2D eigenvalue weighted by Crippen LogP contribution is 2.23. The van der Waals surface area contributed by atoms with E-state index >= 15 is 0 Å². The zero-order valence-corrected chi connectivity index (χ0v) is 21.2. The number of allylic oxidation sites excluding steroid dienone is 5. The predicted octanol–water partition coefficient (Wildman–Crippen LogP) is 3.32. The SMILES string of the molecule is C=CN=C1C(=C)C=CC=C1S(=O)(=O)Nc1ccc(C(=O)N2CCN(C(=O)c3cccnc3C)CC2)cc1. The molecule has 1 fully saturated rings. The largest absolute Gasteiger partial charge is 0.335 e. The Labute approximate surface area is 216 Å². The van der Waals surface area contributed by atoms with Crippen molar-refractivity contribution >= 4 is 33.2 Å². The molecule has 4 rings (SSSR count). The number of aryl methyl sites for hydroxylation is 1. The topological polar surface area (TPSA) is 112 Å². The molecule has 1 aromatic heterocycles. The molecule has 0 spiro atoms. The Morgan fingerprint density at radius 3 is 2.32 bits per heavy atom. The first kappa shape index (κ1) is 25.8. The van der Waals surface area contributed by atoms with Gasteiger partial charge in [0.1, 0.15) is 4.91 Å². The summed E-state index contributed by atoms with van der Waals surface area (Å²) in [5.41, 5.74) is 2.64. The monoisotopic (exact) mass is 517 g/mol. The zero-order chi connectivity index (χ0) is 26.6. The maximum Gasteiger partial charge on any atom is 0.264 e. The lowest BCUT2D eigenvalue weighted by atomic mass is 10.1. The van der Waals surface area contributed by atoms with Gasteiger partial charge in [0.2, 0.25) is 0 Å². The second kappa shape index (κ2) is 10.8. The van der Waals surface area contributed by atoms with Gasteiger partial charge in [-0.15, -0.1) is 0 Å². The number of benzene rings is 1. The molecule has 10 heteroatoms. The van der Waals surface area contributed by atoms with Crippen molar-refractivity contribution in [3.63, 3.8) is 0 Å². The number of pyridine rings is 1. The Kier molecular flexibility index (Phi) is 7.49. The van der Waals surface area contributed by atoms with E-state index in [0.29, 0.717) is 54.3 Å². The van der Waals surface area contributed by atoms with Crippen molar-refractivity contribution in [1.29, 1.82) is 0 Å². The van der Waals surface area contributed by atoms with Crippen LogP contribution in [0.3, 0.4) is 0 Å². The summed E-state index contributed by atoms with van der Waals surface area (Å²) in [6.45, 7) is 10.8. The first-order valence-electron chi connectivity index (χ1n) is 11.6. The molecule has 0 radical (unpaired) electrons. The molecule has 37 heavy (non-hydrogen) atoms. The van der Waals surface area contributed by atoms with E-state index in [1.54, 1.807) is 59.3 Å². The minimum atomic E-state index is -3.95. The van der Waals surface area contributed by atoms with Gasteiger partial charge < -0.3 is 9.80 Å². The minimum absolute atomic E-state index is 0.0195. The smallest absolute Gasteiger partial charge is 0.264 e. The van der Waals surface area contributed by atoms with Crippen molar-refractivity contribution in [1.82, 2.24) is 14.8 Å². The summed E-state index contributed by atoms with van der Waals surface area (Å²) in [5.74, 6) is -0.279. The molecule has 190 valence electrons. The summed E-state index contributed by atoms with van der Waals surface area (Å²) in [7, 11) is -3.95. The summed E-state index contributed by atoms with van der Waals surface area (Å²) in [6.07, 6.45) is 7.61. The maximum atomic E-state index is 13.0. The van der Waals surface area contributed by atoms with E-state index in [4.69, 9.17) is 0 Å². The average molecular weight is 518 g/mol. The van der Waals surface area contributed by atoms with Crippen molar-refractivity contribution in [2.75, 3.05) is 30.9 Å². The van der Waals surface area contributed by atoms with E-state index < -0.39 is 10.0 Å². The Balaban J connectivity index is 1.39. The molecule has 0 saturated carbocycles. The molecule has 2 amide bonds. The number of carbonyl (C=O) groups excluding carboxylic acids is 2. The molecule has 1 aliphatic heterocycles. The molecule has 0 atom stereocenters. The van der Waals surface area contributed by atoms with Crippen molar-refractivity contribution < 1.29 is 18.0 Å². The number of aliphatic imine (C=N–C) groups is 1. The first-order valence-corrected chi connectivity index (χ1v) is 13.1. The fourth-order valence-electron chi connectivity index (χ4n) is 4.09. The zero-order valence-electron chi connectivity index (χ0n) is 20.4. The van der Waals surface area contributed by atoms with Crippen LogP contribution in [0.1, 0.15) is 26.4 Å². The van der Waals surface area contributed by atoms with Crippen molar-refractivity contribution in [2.45, 2.75) is 6.92 Å². The predicted molar refractivity (Wildman–Crippen MR) is 144 cm³/mol. The molecule has 1 aliphatic carbocycles. The third-order valence-corrected chi connectivity index (χ3v) is 7.48. The fraction of sp³-hybridized carbons (Fsp3) is 0.185. The lowest BCUT2D eigenvalue weighted by molar-refractivity contribution is 0.0534. The number of anilines is 1. The standard InChI is InChI=1S/C27H27N5O4S/c1-4-28-25-19(2)7-5-9-24(25)37(35,36)30-22-12-10-21(11-13-22)26(33)31-15-17-32(18-16-31)27(34)23-8-6-14-29-20(23)3/h4-14,30H,1-2,15-18H2,3H3. The summed E-state index contributed by atoms with van der Waals surface area (Å²) < 4.78 is 28.5. The highest BCUT2D eigenvalue weighted by atomic mass is 32.2. The highest BCUT2D eigenvalue weighted by molar-refractivity contribution is 7.97. The van der Waals surface area contributed by atoms with E-state index in [0.717, 1.165) is 0 Å². The van der Waals surface area contributed by atoms with Crippen LogP contribution >= 0.6 is 0 Å². The third-order valence-electron chi connectivity index (χ3n) is 6.07. The number of carbonyl (C=O) groups is 2. The van der Waals surface area contributed by atoms with Crippen LogP contribution in [0.25, 0.3) is 0 Å². The summed E-state index contributed by atoms with van der Waals surface area (Å²) in [6, 6.07) is 9.70. The maximum absolute atomic E-state index is 13.0. The molecule has 1 N–H and O–H groups in total. The summed E-state index contributed by atoms with van der Waals surface area (Å²) >= 11 is 0. The molecule has 1 aromatic carbocycles. The van der Waals surface area contributed by atoms with Crippen LogP contribution in [0.15, 0.2) is 95.7 Å². The Hall–Kier alpha value is -4.31. The third kappa shape index (κ3) is 5.59. The summed E-state index contributed by atoms with van der Waals surface area (Å²) in [5, 5.41) is 0. The van der Waals surface area contributed by atoms with Crippen molar-refractivity contribution in [3.05, 3.63) is 107 Å². The van der Waals surface area contributed by atoms with Crippen LogP contribution in [0.5, 0.6) is 0 Å². The quantitative estimate of drug-likeness (QED) is 0.632. The lowest BCUT2D eigenvalue weighted by Gasteiger charge is -2.35. The van der Waals surface area contributed by atoms with Gasteiger partial charge >= 0.3 is 0 Å². The number of amides is 2. The van der Waals surface area contributed by atoms with E-state index in [9.17, 15) is 18.0 Å². The van der Waals surface area contributed by atoms with Gasteiger partial charge in [-0.2, -0.15) is 0 Å². The van der Waals surface area contributed by atoms with Gasteiger partial charge in [-0.25, -0.2) is 8.42 Å². The molecule has 2 aromatic rings. The highest BCUT2D eigenvalue weighted by Gasteiger charge is 2.27. The molecule has 2 aliphatic rings. The minimum Gasteiger partial charge on any atom is -0.335 e. The van der Waals surface area contributed by atoms with Gasteiger partial charge in [0.15, 0.2) is 0 Å². The van der Waals surface area contributed by atoms with E-state index in [2.05, 4.69) is 27.9 Å². The average Bonchev–Trinajstić information content (AvgIpc) is 2.90. The van der Waals surface area contributed by atoms with Crippen LogP contribution in [0.4, 0.5) is 5.69 Å². The second-order valence-corrected chi connectivity index (χ2v) is 10.1. The van der Waals surface area contributed by atoms with Gasteiger partial charge in [0.25, 0.3) is 21.8 Å². The van der Waals surface area contributed by atoms with Crippen LogP contribution in [0, 0.1) is 6.92 Å². The number of rotatable bonds is 6. The Bertz CT molecular complexity index is 1450. The number of hydrogen-bond acceptors (Lipinski definition) is 6. The number of nitrogens with zero attached hydrogens (tertiary/aromatic N) is 4. The number of hydrogen-bond donors (Lipinski definition) is 1. The molecular formula is C27H27N5O4S. The van der Waals surface area contributed by atoms with E-state index in [-0.39, 0.29) is 22.4 Å². The molecule has 0 bridgehead atoms. The van der Waals surface area contributed by atoms with E-state index in [1.165, 1.54) is 24.4 Å². The molecule has 9 nitrogen and oxygen atoms in total. The van der Waals surface area contributed by atoms with Gasteiger partial charge in [-0.1, -0.05) is 25.3 Å². The first-order chi connectivity index (χ1) is 17.7. The van der Waals surface area contributed by atoms with Gasteiger partial charge in [-0.3, -0.25) is 24.3 Å². The van der Waals surface area contributed by atoms with E-state index in [1.807, 2.05) is 0 Å². The molecule has 1 saturated heterocycles. The number of sulfonamides is 1. The normalized spacial score (nSPS) is 16.9. The van der Waals surface area contributed by atoms with Crippen LogP contribution in [-0.2, 0) is 10.0 Å². The van der Waals surface area contributed by atoms with Gasteiger partial charge in [-0.05, 0) is 55.0 Å². The van der Waals surface area contributed by atoms with Gasteiger partial charge in [0.05, 0.1) is 11.3 Å². The second-order valence-electron chi connectivity index (χ2n) is 8.48. The van der Waals surface area contributed by atoms with Crippen molar-refractivity contribution in [2.24, 2.45) is 4.99 Å². The van der Waals surface area contributed by atoms with Crippen LogP contribution in [0.2, 0.25) is 0 Å². The number of aromatic nitrogens is 1. The number of piperazine rings is 1. The lowest BCUT2D eigenvalue weighted by Crippen LogP contribution is -2.50. The van der Waals surface area contributed by atoms with Crippen LogP contribution in [-0.4, -0.2) is 66.9 Å². The Morgan fingerprint density at radius 1 is 1.05 bits per heavy atom. The Morgan fingerprint density at radius 2 is 1.70 bits per heavy atom. The fourth-order valence-corrected chi connectivity index (χ4v) is 5.34. The van der Waals surface area contributed by atoms with Crippen LogP contribution < -0.4 is 4.72 Å². The van der Waals surface area contributed by atoms with Crippen molar-refractivity contribution in [3.8, 4) is 0 Å². The number of nitrogens with one attached hydrogen (secondary N) is 1.